The SMILES string of the molecule is CCCCN(CC)C(=O)COc1ccc(Cl)cc1. The second kappa shape index (κ2) is 7.98. The fourth-order valence-electron chi connectivity index (χ4n) is 1.58. The van der Waals surface area contributed by atoms with Gasteiger partial charge in [0.25, 0.3) is 5.91 Å². The van der Waals surface area contributed by atoms with Crippen LogP contribution in [0.25, 0.3) is 0 Å². The largest absolute Gasteiger partial charge is 0.484 e. The minimum atomic E-state index is 0.0286. The van der Waals surface area contributed by atoms with E-state index in [-0.39, 0.29) is 12.5 Å². The van der Waals surface area contributed by atoms with Crippen LogP contribution in [0.15, 0.2) is 24.3 Å². The number of ether oxygens (including phenoxy) is 1. The van der Waals surface area contributed by atoms with Gasteiger partial charge in [0.15, 0.2) is 6.61 Å². The number of benzene rings is 1. The number of carbonyl (C=O) groups is 1. The Morgan fingerprint density at radius 3 is 2.50 bits per heavy atom. The highest BCUT2D eigenvalue weighted by Gasteiger charge is 2.11. The molecule has 0 heterocycles. The van der Waals surface area contributed by atoms with Gasteiger partial charge in [0, 0.05) is 18.1 Å². The number of hydrogen-bond donors (Lipinski definition) is 0. The third-order valence-corrected chi connectivity index (χ3v) is 2.94. The van der Waals surface area contributed by atoms with Crippen molar-refractivity contribution < 1.29 is 9.53 Å². The van der Waals surface area contributed by atoms with Gasteiger partial charge in [0.05, 0.1) is 0 Å². The molecule has 0 N–H and O–H groups in total. The first-order valence-electron chi connectivity index (χ1n) is 6.33. The molecule has 0 fully saturated rings. The highest BCUT2D eigenvalue weighted by Crippen LogP contribution is 2.15. The molecule has 0 aromatic heterocycles. The van der Waals surface area contributed by atoms with E-state index in [1.54, 1.807) is 24.3 Å². The molecule has 0 saturated carbocycles. The number of carbonyl (C=O) groups excluding carboxylic acids is 1. The molecule has 4 heteroatoms. The molecule has 0 unspecified atom stereocenters. The van der Waals surface area contributed by atoms with Crippen molar-refractivity contribution in [1.29, 1.82) is 0 Å². The van der Waals surface area contributed by atoms with Gasteiger partial charge in [-0.25, -0.2) is 0 Å². The summed E-state index contributed by atoms with van der Waals surface area (Å²) in [4.78, 5) is 13.7. The molecule has 0 bridgehead atoms. The summed E-state index contributed by atoms with van der Waals surface area (Å²) in [5, 5.41) is 0.659. The molecular weight excluding hydrogens is 250 g/mol. The number of rotatable bonds is 7. The smallest absolute Gasteiger partial charge is 0.260 e. The van der Waals surface area contributed by atoms with Gasteiger partial charge in [-0.1, -0.05) is 24.9 Å². The monoisotopic (exact) mass is 269 g/mol. The Bertz CT molecular complexity index is 365. The van der Waals surface area contributed by atoms with Gasteiger partial charge in [-0.05, 0) is 37.6 Å². The van der Waals surface area contributed by atoms with Crippen molar-refractivity contribution in [3.05, 3.63) is 29.3 Å². The lowest BCUT2D eigenvalue weighted by atomic mass is 10.3. The second-order valence-corrected chi connectivity index (χ2v) is 4.51. The maximum absolute atomic E-state index is 11.9. The Labute approximate surface area is 114 Å². The zero-order valence-corrected chi connectivity index (χ0v) is 11.7. The molecule has 1 aromatic carbocycles. The molecule has 1 rings (SSSR count). The first-order chi connectivity index (χ1) is 8.67. The molecule has 18 heavy (non-hydrogen) atoms. The summed E-state index contributed by atoms with van der Waals surface area (Å²) in [5.74, 6) is 0.695. The first-order valence-corrected chi connectivity index (χ1v) is 6.71. The average Bonchev–Trinajstić information content (AvgIpc) is 2.39. The van der Waals surface area contributed by atoms with Gasteiger partial charge in [-0.15, -0.1) is 0 Å². The molecule has 1 aromatic rings. The third kappa shape index (κ3) is 4.96. The van der Waals surface area contributed by atoms with Crippen molar-refractivity contribution in [1.82, 2.24) is 4.90 Å². The molecule has 3 nitrogen and oxygen atoms in total. The van der Waals surface area contributed by atoms with Crippen molar-refractivity contribution in [3.63, 3.8) is 0 Å². The molecule has 1 amide bonds. The van der Waals surface area contributed by atoms with Crippen LogP contribution in [0.2, 0.25) is 5.02 Å². The van der Waals surface area contributed by atoms with Gasteiger partial charge in [0.2, 0.25) is 0 Å². The van der Waals surface area contributed by atoms with Crippen LogP contribution in [-0.2, 0) is 4.79 Å². The maximum Gasteiger partial charge on any atom is 0.260 e. The minimum Gasteiger partial charge on any atom is -0.484 e. The van der Waals surface area contributed by atoms with Crippen LogP contribution in [-0.4, -0.2) is 30.5 Å². The van der Waals surface area contributed by atoms with Crippen LogP contribution in [0.4, 0.5) is 0 Å². The molecule has 0 saturated heterocycles. The lowest BCUT2D eigenvalue weighted by Crippen LogP contribution is -2.35. The summed E-state index contributed by atoms with van der Waals surface area (Å²) in [6, 6.07) is 7.02. The van der Waals surface area contributed by atoms with E-state index in [9.17, 15) is 4.79 Å². The summed E-state index contributed by atoms with van der Waals surface area (Å²) in [6.45, 7) is 5.70. The predicted octanol–water partition coefficient (Wildman–Crippen LogP) is 3.37. The molecule has 0 spiro atoms. The Hall–Kier alpha value is -1.22. The first kappa shape index (κ1) is 14.8. The summed E-state index contributed by atoms with van der Waals surface area (Å²) in [6.07, 6.45) is 2.11. The zero-order chi connectivity index (χ0) is 13.4. The van der Waals surface area contributed by atoms with Crippen LogP contribution in [0, 0.1) is 0 Å². The second-order valence-electron chi connectivity index (χ2n) is 4.07. The van der Waals surface area contributed by atoms with Crippen LogP contribution in [0.1, 0.15) is 26.7 Å². The Kier molecular flexibility index (Phi) is 6.58. The highest BCUT2D eigenvalue weighted by atomic mass is 35.5. The summed E-state index contributed by atoms with van der Waals surface area (Å²) in [7, 11) is 0. The van der Waals surface area contributed by atoms with Gasteiger partial charge >= 0.3 is 0 Å². The van der Waals surface area contributed by atoms with Gasteiger partial charge in [0.1, 0.15) is 5.75 Å². The Morgan fingerprint density at radius 1 is 1.28 bits per heavy atom. The van der Waals surface area contributed by atoms with Crippen LogP contribution in [0.5, 0.6) is 5.75 Å². The van der Waals surface area contributed by atoms with E-state index in [0.29, 0.717) is 10.8 Å². The van der Waals surface area contributed by atoms with E-state index in [1.807, 2.05) is 11.8 Å². The third-order valence-electron chi connectivity index (χ3n) is 2.69. The maximum atomic E-state index is 11.9. The van der Waals surface area contributed by atoms with E-state index in [4.69, 9.17) is 16.3 Å². The lowest BCUT2D eigenvalue weighted by Gasteiger charge is -2.20. The summed E-state index contributed by atoms with van der Waals surface area (Å²) < 4.78 is 5.44. The van der Waals surface area contributed by atoms with E-state index in [0.717, 1.165) is 25.9 Å². The number of unbranched alkanes of at least 4 members (excludes halogenated alkanes) is 1. The molecule has 0 aliphatic rings. The minimum absolute atomic E-state index is 0.0286. The fraction of sp³-hybridized carbons (Fsp3) is 0.500. The van der Waals surface area contributed by atoms with E-state index in [2.05, 4.69) is 6.92 Å². The van der Waals surface area contributed by atoms with Gasteiger partial charge < -0.3 is 9.64 Å². The summed E-state index contributed by atoms with van der Waals surface area (Å²) >= 11 is 5.77. The van der Waals surface area contributed by atoms with Crippen LogP contribution >= 0.6 is 11.6 Å². The number of amides is 1. The van der Waals surface area contributed by atoms with Gasteiger partial charge in [-0.2, -0.15) is 0 Å². The van der Waals surface area contributed by atoms with Crippen molar-refractivity contribution in [2.75, 3.05) is 19.7 Å². The van der Waals surface area contributed by atoms with Crippen molar-refractivity contribution in [2.45, 2.75) is 26.7 Å². The molecule has 0 aliphatic heterocycles. The highest BCUT2D eigenvalue weighted by molar-refractivity contribution is 6.30. The molecule has 0 radical (unpaired) electrons. The van der Waals surface area contributed by atoms with E-state index >= 15 is 0 Å². The van der Waals surface area contributed by atoms with Gasteiger partial charge in [-0.3, -0.25) is 4.79 Å². The number of likely N-dealkylation sites (N-methyl/N-ethyl adjacent to an activating group) is 1. The number of hydrogen-bond acceptors (Lipinski definition) is 2. The fourth-order valence-corrected chi connectivity index (χ4v) is 1.70. The molecular formula is C14H20ClNO2. The Balaban J connectivity index is 2.41. The van der Waals surface area contributed by atoms with E-state index in [1.165, 1.54) is 0 Å². The van der Waals surface area contributed by atoms with Crippen molar-refractivity contribution in [3.8, 4) is 5.75 Å². The van der Waals surface area contributed by atoms with Crippen LogP contribution in [0.3, 0.4) is 0 Å². The Morgan fingerprint density at radius 2 is 1.94 bits per heavy atom. The predicted molar refractivity (Wildman–Crippen MR) is 74.1 cm³/mol. The van der Waals surface area contributed by atoms with Crippen molar-refractivity contribution >= 4 is 17.5 Å². The molecule has 0 aliphatic carbocycles. The molecule has 0 atom stereocenters. The molecule has 100 valence electrons. The van der Waals surface area contributed by atoms with E-state index < -0.39 is 0 Å². The normalized spacial score (nSPS) is 10.2. The number of halogens is 1. The zero-order valence-electron chi connectivity index (χ0n) is 11.0. The van der Waals surface area contributed by atoms with Crippen molar-refractivity contribution in [2.24, 2.45) is 0 Å². The summed E-state index contributed by atoms with van der Waals surface area (Å²) in [5.41, 5.74) is 0. The standard InChI is InChI=1S/C14H20ClNO2/c1-3-5-10-16(4-2)14(17)11-18-13-8-6-12(15)7-9-13/h6-9H,3-5,10-11H2,1-2H3. The number of nitrogens with zero attached hydrogens (tertiary/aromatic N) is 1. The lowest BCUT2D eigenvalue weighted by molar-refractivity contribution is -0.133. The quantitative estimate of drug-likeness (QED) is 0.760. The average molecular weight is 270 g/mol. The topological polar surface area (TPSA) is 29.5 Å². The van der Waals surface area contributed by atoms with Crippen LogP contribution < -0.4 is 4.74 Å².